The van der Waals surface area contributed by atoms with Crippen LogP contribution < -0.4 is 5.32 Å². The van der Waals surface area contributed by atoms with E-state index in [-0.39, 0.29) is 24.7 Å². The average molecular weight is 189 g/mol. The van der Waals surface area contributed by atoms with Gasteiger partial charge in [-0.1, -0.05) is 0 Å². The molecule has 5 nitrogen and oxygen atoms in total. The minimum Gasteiger partial charge on any atom is -0.394 e. The normalized spacial score (nSPS) is 34.2. The Hall–Kier alpha value is -0.650. The third kappa shape index (κ3) is 2.95. The van der Waals surface area contributed by atoms with Gasteiger partial charge in [-0.15, -0.1) is 0 Å². The largest absolute Gasteiger partial charge is 0.394 e. The highest BCUT2D eigenvalue weighted by Gasteiger charge is 2.29. The van der Waals surface area contributed by atoms with Crippen LogP contribution in [0.4, 0.5) is 0 Å². The lowest BCUT2D eigenvalue weighted by Crippen LogP contribution is -2.49. The number of hydrogen-bond acceptors (Lipinski definition) is 4. The third-order valence-electron chi connectivity index (χ3n) is 2.07. The zero-order chi connectivity index (χ0) is 9.84. The second-order valence-corrected chi connectivity index (χ2v) is 3.22. The molecule has 0 spiro atoms. The Kier molecular flexibility index (Phi) is 3.65. The van der Waals surface area contributed by atoms with Crippen molar-refractivity contribution < 1.29 is 19.7 Å². The topological polar surface area (TPSA) is 78.8 Å². The number of aliphatic hydroxyl groups excluding tert-OH is 2. The predicted molar refractivity (Wildman–Crippen MR) is 44.8 cm³/mol. The summed E-state index contributed by atoms with van der Waals surface area (Å²) in [6.45, 7) is 1.30. The summed E-state index contributed by atoms with van der Waals surface area (Å²) < 4.78 is 5.04. The summed E-state index contributed by atoms with van der Waals surface area (Å²) in [4.78, 5) is 10.7. The molecule has 1 fully saturated rings. The number of ether oxygens (including phenoxy) is 1. The van der Waals surface area contributed by atoms with E-state index in [9.17, 15) is 9.90 Å². The molecule has 13 heavy (non-hydrogen) atoms. The van der Waals surface area contributed by atoms with Crippen molar-refractivity contribution in [1.82, 2.24) is 5.32 Å². The summed E-state index contributed by atoms with van der Waals surface area (Å²) >= 11 is 0. The van der Waals surface area contributed by atoms with Crippen LogP contribution in [0.1, 0.15) is 19.8 Å². The maximum Gasteiger partial charge on any atom is 0.217 e. The fraction of sp³-hybridized carbons (Fsp3) is 0.875. The number of amides is 1. The first-order chi connectivity index (χ1) is 6.13. The SMILES string of the molecule is CC(=O)N[C@@H]1CC[C@@H](CO)O[C@H]1O. The highest BCUT2D eigenvalue weighted by atomic mass is 16.6. The first-order valence-corrected chi connectivity index (χ1v) is 4.35. The van der Waals surface area contributed by atoms with E-state index in [0.29, 0.717) is 12.8 Å². The van der Waals surface area contributed by atoms with Crippen LogP contribution in [0.5, 0.6) is 0 Å². The van der Waals surface area contributed by atoms with Gasteiger partial charge in [0.1, 0.15) is 0 Å². The van der Waals surface area contributed by atoms with Crippen LogP contribution in [-0.2, 0) is 9.53 Å². The lowest BCUT2D eigenvalue weighted by Gasteiger charge is -2.32. The van der Waals surface area contributed by atoms with E-state index in [4.69, 9.17) is 9.84 Å². The third-order valence-corrected chi connectivity index (χ3v) is 2.07. The average Bonchev–Trinajstić information content (AvgIpc) is 2.08. The second-order valence-electron chi connectivity index (χ2n) is 3.22. The lowest BCUT2D eigenvalue weighted by molar-refractivity contribution is -0.188. The summed E-state index contributed by atoms with van der Waals surface area (Å²) in [6, 6.07) is -0.347. The van der Waals surface area contributed by atoms with Gasteiger partial charge in [-0.3, -0.25) is 4.79 Å². The van der Waals surface area contributed by atoms with E-state index >= 15 is 0 Å². The molecule has 0 saturated carbocycles. The van der Waals surface area contributed by atoms with Crippen molar-refractivity contribution in [3.05, 3.63) is 0 Å². The van der Waals surface area contributed by atoms with E-state index in [1.807, 2.05) is 0 Å². The molecule has 5 heteroatoms. The summed E-state index contributed by atoms with van der Waals surface area (Å²) in [5.41, 5.74) is 0. The molecular weight excluding hydrogens is 174 g/mol. The molecule has 1 amide bonds. The summed E-state index contributed by atoms with van der Waals surface area (Å²) in [5, 5.41) is 20.7. The number of nitrogens with one attached hydrogen (secondary N) is 1. The van der Waals surface area contributed by atoms with E-state index in [1.165, 1.54) is 6.92 Å². The smallest absolute Gasteiger partial charge is 0.217 e. The van der Waals surface area contributed by atoms with Gasteiger partial charge in [-0.05, 0) is 12.8 Å². The van der Waals surface area contributed by atoms with Crippen molar-refractivity contribution in [1.29, 1.82) is 0 Å². The van der Waals surface area contributed by atoms with Gasteiger partial charge in [0.05, 0.1) is 18.8 Å². The van der Waals surface area contributed by atoms with Gasteiger partial charge in [0.15, 0.2) is 6.29 Å². The minimum atomic E-state index is -1.00. The number of rotatable bonds is 2. The van der Waals surface area contributed by atoms with E-state index < -0.39 is 6.29 Å². The van der Waals surface area contributed by atoms with E-state index in [2.05, 4.69) is 5.32 Å². The Labute approximate surface area is 76.7 Å². The summed E-state index contributed by atoms with van der Waals surface area (Å²) in [5.74, 6) is -0.185. The van der Waals surface area contributed by atoms with Crippen LogP contribution in [0.25, 0.3) is 0 Å². The van der Waals surface area contributed by atoms with Gasteiger partial charge in [0, 0.05) is 6.92 Å². The molecule has 0 aromatic rings. The molecule has 0 radical (unpaired) electrons. The summed E-state index contributed by atoms with van der Waals surface area (Å²) in [6.07, 6.45) is -0.0281. The molecule has 0 unspecified atom stereocenters. The van der Waals surface area contributed by atoms with Crippen molar-refractivity contribution in [3.63, 3.8) is 0 Å². The van der Waals surface area contributed by atoms with Gasteiger partial charge in [0.25, 0.3) is 0 Å². The van der Waals surface area contributed by atoms with Gasteiger partial charge >= 0.3 is 0 Å². The van der Waals surface area contributed by atoms with Gasteiger partial charge in [-0.2, -0.15) is 0 Å². The maximum absolute atomic E-state index is 10.7. The van der Waals surface area contributed by atoms with Gasteiger partial charge in [0.2, 0.25) is 5.91 Å². The zero-order valence-corrected chi connectivity index (χ0v) is 7.56. The van der Waals surface area contributed by atoms with Crippen LogP contribution in [-0.4, -0.2) is 41.2 Å². The quantitative estimate of drug-likeness (QED) is 0.519. The molecule has 0 aliphatic carbocycles. The van der Waals surface area contributed by atoms with Crippen LogP contribution >= 0.6 is 0 Å². The van der Waals surface area contributed by atoms with Crippen molar-refractivity contribution in [2.75, 3.05) is 6.61 Å². The van der Waals surface area contributed by atoms with Crippen molar-refractivity contribution in [2.45, 2.75) is 38.2 Å². The standard InChI is InChI=1S/C8H15NO4/c1-5(11)9-7-3-2-6(4-10)13-8(7)12/h6-8,10,12H,2-4H2,1H3,(H,9,11)/t6-,7+,8+/m0/s1. The molecule has 1 aliphatic rings. The molecule has 76 valence electrons. The Morgan fingerprint density at radius 3 is 2.77 bits per heavy atom. The molecule has 0 bridgehead atoms. The Morgan fingerprint density at radius 2 is 2.31 bits per heavy atom. The van der Waals surface area contributed by atoms with E-state index in [1.54, 1.807) is 0 Å². The first kappa shape index (κ1) is 10.4. The van der Waals surface area contributed by atoms with Crippen LogP contribution in [0.3, 0.4) is 0 Å². The Morgan fingerprint density at radius 1 is 1.62 bits per heavy atom. The minimum absolute atomic E-state index is 0.0934. The van der Waals surface area contributed by atoms with Crippen LogP contribution in [0.15, 0.2) is 0 Å². The molecular formula is C8H15NO4. The van der Waals surface area contributed by atoms with Gasteiger partial charge in [-0.25, -0.2) is 0 Å². The maximum atomic E-state index is 10.7. The molecule has 1 aliphatic heterocycles. The lowest BCUT2D eigenvalue weighted by atomic mass is 10.0. The van der Waals surface area contributed by atoms with Crippen LogP contribution in [0, 0.1) is 0 Å². The van der Waals surface area contributed by atoms with Gasteiger partial charge < -0.3 is 20.3 Å². The van der Waals surface area contributed by atoms with Crippen molar-refractivity contribution in [3.8, 4) is 0 Å². The number of aliphatic hydroxyl groups is 2. The molecule has 1 saturated heterocycles. The molecule has 3 atom stereocenters. The zero-order valence-electron chi connectivity index (χ0n) is 7.56. The van der Waals surface area contributed by atoms with E-state index in [0.717, 1.165) is 0 Å². The molecule has 1 heterocycles. The van der Waals surface area contributed by atoms with Crippen molar-refractivity contribution in [2.24, 2.45) is 0 Å². The number of hydrogen-bond donors (Lipinski definition) is 3. The first-order valence-electron chi connectivity index (χ1n) is 4.35. The van der Waals surface area contributed by atoms with Crippen molar-refractivity contribution >= 4 is 5.91 Å². The Balaban J connectivity index is 2.39. The Bertz CT molecular complexity index is 185. The molecule has 3 N–H and O–H groups in total. The van der Waals surface area contributed by atoms with Crippen LogP contribution in [0.2, 0.25) is 0 Å². The molecule has 1 rings (SSSR count). The number of carbonyl (C=O) groups excluding carboxylic acids is 1. The summed E-state index contributed by atoms with van der Waals surface area (Å²) in [7, 11) is 0. The molecule has 0 aromatic heterocycles. The monoisotopic (exact) mass is 189 g/mol. The fourth-order valence-corrected chi connectivity index (χ4v) is 1.41. The second kappa shape index (κ2) is 4.55. The molecule has 0 aromatic carbocycles. The predicted octanol–water partition coefficient (Wildman–Crippen LogP) is -1.02. The highest BCUT2D eigenvalue weighted by Crippen LogP contribution is 2.17. The highest BCUT2D eigenvalue weighted by molar-refractivity contribution is 5.73. The fourth-order valence-electron chi connectivity index (χ4n) is 1.41. The number of carbonyl (C=O) groups is 1.